The zero-order chi connectivity index (χ0) is 7.28. The van der Waals surface area contributed by atoms with E-state index in [0.717, 1.165) is 18.4 Å². The summed E-state index contributed by atoms with van der Waals surface area (Å²) in [7, 11) is 0. The minimum atomic E-state index is 0. The Hall–Kier alpha value is 0.0774. The molecule has 0 saturated carbocycles. The Morgan fingerprint density at radius 2 is 2.20 bits per heavy atom. The van der Waals surface area contributed by atoms with Gasteiger partial charge in [-0.05, 0) is 13.3 Å². The van der Waals surface area contributed by atoms with Crippen LogP contribution in [-0.2, 0) is 0 Å². The minimum absolute atomic E-state index is 0. The Balaban J connectivity index is 0. The Morgan fingerprint density at radius 1 is 1.70 bits per heavy atom. The summed E-state index contributed by atoms with van der Waals surface area (Å²) >= 11 is 0. The molecule has 1 heteroatoms. The number of rotatable bonds is 4. The van der Waals surface area contributed by atoms with E-state index >= 15 is 0 Å². The van der Waals surface area contributed by atoms with Crippen molar-refractivity contribution in [1.82, 2.24) is 0 Å². The van der Waals surface area contributed by atoms with Crippen molar-refractivity contribution in [2.75, 3.05) is 0 Å². The van der Waals surface area contributed by atoms with Gasteiger partial charge in [0.2, 0.25) is 0 Å². The molecule has 0 aliphatic rings. The van der Waals surface area contributed by atoms with E-state index in [1.807, 2.05) is 13.0 Å². The van der Waals surface area contributed by atoms with Crippen LogP contribution < -0.4 is 18.9 Å². The van der Waals surface area contributed by atoms with Crippen molar-refractivity contribution in [3.05, 3.63) is 31.7 Å². The van der Waals surface area contributed by atoms with E-state index < -0.39 is 0 Å². The summed E-state index contributed by atoms with van der Waals surface area (Å²) in [6, 6.07) is 0. The molecule has 1 unspecified atom stereocenters. The molecule has 0 radical (unpaired) electrons. The van der Waals surface area contributed by atoms with Crippen LogP contribution in [0.4, 0.5) is 0 Å². The summed E-state index contributed by atoms with van der Waals surface area (Å²) in [5, 5.41) is 0. The molecular weight excluding hydrogens is 115 g/mol. The van der Waals surface area contributed by atoms with Crippen molar-refractivity contribution in [1.29, 1.82) is 0 Å². The normalized spacial score (nSPS) is 11.4. The van der Waals surface area contributed by atoms with E-state index in [2.05, 4.69) is 20.1 Å². The zero-order valence-electron chi connectivity index (χ0n) is 7.19. The third-order valence-electron chi connectivity index (χ3n) is 1.42. The SMILES string of the molecule is C=CCCC([CH2-])C(=C)C.[Li+]. The first-order chi connectivity index (χ1) is 4.18. The van der Waals surface area contributed by atoms with Crippen molar-refractivity contribution in [3.8, 4) is 0 Å². The van der Waals surface area contributed by atoms with Crippen LogP contribution in [0.3, 0.4) is 0 Å². The molecule has 0 rings (SSSR count). The molecule has 0 aromatic heterocycles. The Morgan fingerprint density at radius 3 is 2.50 bits per heavy atom. The van der Waals surface area contributed by atoms with Gasteiger partial charge >= 0.3 is 18.9 Å². The molecule has 0 saturated heterocycles. The third-order valence-corrected chi connectivity index (χ3v) is 1.42. The summed E-state index contributed by atoms with van der Waals surface area (Å²) in [6.07, 6.45) is 4.04. The van der Waals surface area contributed by atoms with E-state index in [9.17, 15) is 0 Å². The molecule has 52 valence electrons. The largest absolute Gasteiger partial charge is 1.00 e. The van der Waals surface area contributed by atoms with E-state index in [0.29, 0.717) is 5.92 Å². The van der Waals surface area contributed by atoms with Gasteiger partial charge in [-0.25, -0.2) is 0 Å². The predicted molar refractivity (Wildman–Crippen MR) is 43.1 cm³/mol. The molecule has 10 heavy (non-hydrogen) atoms. The van der Waals surface area contributed by atoms with Gasteiger partial charge in [0.25, 0.3) is 0 Å². The van der Waals surface area contributed by atoms with Gasteiger partial charge in [-0.2, -0.15) is 0 Å². The second-order valence-corrected chi connectivity index (χ2v) is 2.41. The first kappa shape index (κ1) is 12.7. The minimum Gasteiger partial charge on any atom is -0.336 e. The first-order valence-electron chi connectivity index (χ1n) is 3.28. The van der Waals surface area contributed by atoms with Crippen LogP contribution in [0.5, 0.6) is 0 Å². The summed E-state index contributed by atoms with van der Waals surface area (Å²) in [5.74, 6) is 0.406. The van der Waals surface area contributed by atoms with E-state index in [4.69, 9.17) is 0 Å². The molecule has 0 aromatic carbocycles. The summed E-state index contributed by atoms with van der Waals surface area (Å²) < 4.78 is 0. The van der Waals surface area contributed by atoms with Gasteiger partial charge in [0.05, 0.1) is 0 Å². The second-order valence-electron chi connectivity index (χ2n) is 2.41. The van der Waals surface area contributed by atoms with Crippen LogP contribution in [0.2, 0.25) is 0 Å². The monoisotopic (exact) mass is 130 g/mol. The standard InChI is InChI=1S/C9H15.Li/c1-5-6-7-9(4)8(2)3;/h5,9H,1-2,4,6-7H2,3H3;/q-1;+1. The van der Waals surface area contributed by atoms with Gasteiger partial charge in [-0.15, -0.1) is 24.6 Å². The average molecular weight is 130 g/mol. The molecule has 0 N–H and O–H groups in total. The van der Waals surface area contributed by atoms with Crippen LogP contribution in [0.25, 0.3) is 0 Å². The molecule has 0 fully saturated rings. The maximum Gasteiger partial charge on any atom is 1.00 e. The third kappa shape index (κ3) is 6.20. The fourth-order valence-corrected chi connectivity index (χ4v) is 0.565. The molecule has 0 amide bonds. The summed E-state index contributed by atoms with van der Waals surface area (Å²) in [6.45, 7) is 13.4. The van der Waals surface area contributed by atoms with Crippen LogP contribution in [-0.4, -0.2) is 0 Å². The van der Waals surface area contributed by atoms with Crippen LogP contribution >= 0.6 is 0 Å². The van der Waals surface area contributed by atoms with Crippen LogP contribution in [0, 0.1) is 12.8 Å². The molecule has 0 aromatic rings. The fraction of sp³-hybridized carbons (Fsp3) is 0.444. The van der Waals surface area contributed by atoms with Gasteiger partial charge < -0.3 is 6.92 Å². The maximum absolute atomic E-state index is 3.93. The van der Waals surface area contributed by atoms with E-state index in [1.165, 1.54) is 0 Å². The van der Waals surface area contributed by atoms with Gasteiger partial charge in [-0.3, -0.25) is 0 Å². The van der Waals surface area contributed by atoms with Crippen molar-refractivity contribution in [2.45, 2.75) is 19.8 Å². The van der Waals surface area contributed by atoms with Gasteiger partial charge in [-0.1, -0.05) is 12.5 Å². The molecular formula is C9H15Li. The van der Waals surface area contributed by atoms with Crippen LogP contribution in [0.15, 0.2) is 24.8 Å². The van der Waals surface area contributed by atoms with E-state index in [1.54, 1.807) is 0 Å². The van der Waals surface area contributed by atoms with Crippen molar-refractivity contribution >= 4 is 0 Å². The van der Waals surface area contributed by atoms with Gasteiger partial charge in [0.1, 0.15) is 0 Å². The molecule has 0 aliphatic heterocycles. The van der Waals surface area contributed by atoms with E-state index in [-0.39, 0.29) is 18.9 Å². The smallest absolute Gasteiger partial charge is 0.336 e. The number of hydrogen-bond acceptors (Lipinski definition) is 0. The topological polar surface area (TPSA) is 0 Å². The Bertz CT molecular complexity index is 105. The first-order valence-corrected chi connectivity index (χ1v) is 3.28. The molecule has 0 heterocycles. The van der Waals surface area contributed by atoms with Gasteiger partial charge in [0, 0.05) is 0 Å². The molecule has 0 bridgehead atoms. The molecule has 0 aliphatic carbocycles. The molecule has 0 spiro atoms. The number of hydrogen-bond donors (Lipinski definition) is 0. The Kier molecular flexibility index (Phi) is 9.15. The van der Waals surface area contributed by atoms with Crippen molar-refractivity contribution in [3.63, 3.8) is 0 Å². The summed E-state index contributed by atoms with van der Waals surface area (Å²) in [5.41, 5.74) is 1.16. The summed E-state index contributed by atoms with van der Waals surface area (Å²) in [4.78, 5) is 0. The van der Waals surface area contributed by atoms with Crippen molar-refractivity contribution in [2.24, 2.45) is 5.92 Å². The molecule has 1 atom stereocenters. The quantitative estimate of drug-likeness (QED) is 0.285. The Labute approximate surface area is 76.6 Å². The number of allylic oxidation sites excluding steroid dienone is 2. The fourth-order valence-electron chi connectivity index (χ4n) is 0.565. The van der Waals surface area contributed by atoms with Gasteiger partial charge in [0.15, 0.2) is 0 Å². The molecule has 0 nitrogen and oxygen atoms in total. The second kappa shape index (κ2) is 7.19. The average Bonchev–Trinajstić information content (AvgIpc) is 1.82. The van der Waals surface area contributed by atoms with Crippen LogP contribution in [0.1, 0.15) is 19.8 Å². The van der Waals surface area contributed by atoms with Crippen molar-refractivity contribution < 1.29 is 18.9 Å². The predicted octanol–water partition coefficient (Wildman–Crippen LogP) is -0.0170. The maximum atomic E-state index is 3.93. The zero-order valence-corrected chi connectivity index (χ0v) is 7.19.